The zero-order chi connectivity index (χ0) is 12.1. The molecular formula is C16H25N. The van der Waals surface area contributed by atoms with Crippen molar-refractivity contribution in [1.29, 1.82) is 0 Å². The van der Waals surface area contributed by atoms with Gasteiger partial charge in [-0.25, -0.2) is 0 Å². The highest BCUT2D eigenvalue weighted by Gasteiger charge is 2.12. The van der Waals surface area contributed by atoms with Crippen LogP contribution in [0.3, 0.4) is 0 Å². The van der Waals surface area contributed by atoms with Crippen LogP contribution in [0.4, 0.5) is 0 Å². The van der Waals surface area contributed by atoms with E-state index in [-0.39, 0.29) is 0 Å². The van der Waals surface area contributed by atoms with E-state index in [1.165, 1.54) is 49.9 Å². The third-order valence-corrected chi connectivity index (χ3v) is 3.89. The highest BCUT2D eigenvalue weighted by molar-refractivity contribution is 5.24. The summed E-state index contributed by atoms with van der Waals surface area (Å²) >= 11 is 0. The molecule has 1 saturated heterocycles. The van der Waals surface area contributed by atoms with Crippen molar-refractivity contribution in [2.75, 3.05) is 13.1 Å². The Morgan fingerprint density at radius 2 is 2.00 bits per heavy atom. The van der Waals surface area contributed by atoms with Gasteiger partial charge < -0.3 is 5.32 Å². The molecule has 1 atom stereocenters. The van der Waals surface area contributed by atoms with E-state index in [1.54, 1.807) is 0 Å². The Balaban J connectivity index is 1.82. The number of benzene rings is 1. The summed E-state index contributed by atoms with van der Waals surface area (Å²) in [7, 11) is 0. The molecule has 1 aromatic carbocycles. The van der Waals surface area contributed by atoms with Crippen molar-refractivity contribution in [1.82, 2.24) is 5.32 Å². The maximum atomic E-state index is 3.50. The summed E-state index contributed by atoms with van der Waals surface area (Å²) in [6, 6.07) is 9.20. The van der Waals surface area contributed by atoms with Crippen LogP contribution in [-0.4, -0.2) is 13.1 Å². The highest BCUT2D eigenvalue weighted by atomic mass is 14.9. The van der Waals surface area contributed by atoms with Gasteiger partial charge in [0.05, 0.1) is 0 Å². The van der Waals surface area contributed by atoms with Crippen LogP contribution in [0.25, 0.3) is 0 Å². The molecule has 0 aromatic heterocycles. The van der Waals surface area contributed by atoms with Crippen LogP contribution in [0.5, 0.6) is 0 Å². The fourth-order valence-corrected chi connectivity index (χ4v) is 2.61. The van der Waals surface area contributed by atoms with E-state index < -0.39 is 0 Å². The highest BCUT2D eigenvalue weighted by Crippen LogP contribution is 2.19. The predicted octanol–water partition coefficient (Wildman–Crippen LogP) is 3.74. The smallest absolute Gasteiger partial charge is 0.00204 e. The van der Waals surface area contributed by atoms with E-state index >= 15 is 0 Å². The first kappa shape index (κ1) is 12.6. The second kappa shape index (κ2) is 6.20. The van der Waals surface area contributed by atoms with Gasteiger partial charge in [0, 0.05) is 0 Å². The summed E-state index contributed by atoms with van der Waals surface area (Å²) in [6.07, 6.45) is 5.35. The molecule has 1 fully saturated rings. The molecule has 94 valence electrons. The summed E-state index contributed by atoms with van der Waals surface area (Å²) in [5.74, 6) is 1.54. The molecule has 0 bridgehead atoms. The summed E-state index contributed by atoms with van der Waals surface area (Å²) in [6.45, 7) is 6.95. The molecule has 1 aliphatic heterocycles. The molecule has 1 heterocycles. The Morgan fingerprint density at radius 1 is 1.24 bits per heavy atom. The Morgan fingerprint density at radius 3 is 2.59 bits per heavy atom. The van der Waals surface area contributed by atoms with Crippen LogP contribution < -0.4 is 5.32 Å². The third-order valence-electron chi connectivity index (χ3n) is 3.89. The second-order valence-electron chi connectivity index (χ2n) is 5.65. The van der Waals surface area contributed by atoms with Gasteiger partial charge >= 0.3 is 0 Å². The van der Waals surface area contributed by atoms with Crippen molar-refractivity contribution >= 4 is 0 Å². The molecule has 1 aromatic rings. The van der Waals surface area contributed by atoms with E-state index in [4.69, 9.17) is 0 Å². The van der Waals surface area contributed by atoms with Gasteiger partial charge in [0.15, 0.2) is 0 Å². The average molecular weight is 231 g/mol. The van der Waals surface area contributed by atoms with Gasteiger partial charge in [-0.1, -0.05) is 38.1 Å². The zero-order valence-electron chi connectivity index (χ0n) is 11.2. The molecule has 1 unspecified atom stereocenters. The topological polar surface area (TPSA) is 12.0 Å². The van der Waals surface area contributed by atoms with Crippen molar-refractivity contribution in [3.8, 4) is 0 Å². The van der Waals surface area contributed by atoms with Crippen molar-refractivity contribution in [2.45, 2.75) is 45.4 Å². The van der Waals surface area contributed by atoms with Crippen molar-refractivity contribution < 1.29 is 0 Å². The van der Waals surface area contributed by atoms with Gasteiger partial charge in [0.2, 0.25) is 0 Å². The largest absolute Gasteiger partial charge is 0.316 e. The number of nitrogens with one attached hydrogen (secondary N) is 1. The minimum atomic E-state index is 0.645. The normalized spacial score (nSPS) is 20.8. The summed E-state index contributed by atoms with van der Waals surface area (Å²) in [5, 5.41) is 3.50. The number of piperidine rings is 1. The maximum Gasteiger partial charge on any atom is -0.00204 e. The molecule has 1 heteroatoms. The fraction of sp³-hybridized carbons (Fsp3) is 0.625. The van der Waals surface area contributed by atoms with Gasteiger partial charge in [-0.05, 0) is 61.7 Å². The van der Waals surface area contributed by atoms with Gasteiger partial charge in [-0.2, -0.15) is 0 Å². The third kappa shape index (κ3) is 3.85. The van der Waals surface area contributed by atoms with Crippen LogP contribution in [-0.2, 0) is 6.42 Å². The first-order valence-corrected chi connectivity index (χ1v) is 7.05. The van der Waals surface area contributed by atoms with Gasteiger partial charge in [0.25, 0.3) is 0 Å². The molecule has 1 aliphatic rings. The molecule has 1 N–H and O–H groups in total. The lowest BCUT2D eigenvalue weighted by molar-refractivity contribution is 0.358. The molecule has 0 radical (unpaired) electrons. The summed E-state index contributed by atoms with van der Waals surface area (Å²) < 4.78 is 0. The molecule has 0 spiro atoms. The van der Waals surface area contributed by atoms with Crippen LogP contribution in [0, 0.1) is 5.92 Å². The van der Waals surface area contributed by atoms with E-state index in [9.17, 15) is 0 Å². The van der Waals surface area contributed by atoms with Crippen LogP contribution in [0.15, 0.2) is 24.3 Å². The number of aryl methyl sites for hydroxylation is 1. The quantitative estimate of drug-likeness (QED) is 0.832. The van der Waals surface area contributed by atoms with Gasteiger partial charge in [-0.15, -0.1) is 0 Å². The Hall–Kier alpha value is -0.820. The first-order chi connectivity index (χ1) is 8.25. The molecular weight excluding hydrogens is 206 g/mol. The SMILES string of the molecule is CC(C)c1ccc(CCC2CCCNC2)cc1. The molecule has 0 aliphatic carbocycles. The number of rotatable bonds is 4. The van der Waals surface area contributed by atoms with E-state index in [1.807, 2.05) is 0 Å². The van der Waals surface area contributed by atoms with Gasteiger partial charge in [0.1, 0.15) is 0 Å². The zero-order valence-corrected chi connectivity index (χ0v) is 11.2. The molecule has 1 nitrogen and oxygen atoms in total. The predicted molar refractivity (Wildman–Crippen MR) is 74.4 cm³/mol. The van der Waals surface area contributed by atoms with Crippen molar-refractivity contribution in [3.05, 3.63) is 35.4 Å². The van der Waals surface area contributed by atoms with Crippen LogP contribution >= 0.6 is 0 Å². The number of hydrogen-bond acceptors (Lipinski definition) is 1. The van der Waals surface area contributed by atoms with Gasteiger partial charge in [-0.3, -0.25) is 0 Å². The fourth-order valence-electron chi connectivity index (χ4n) is 2.61. The van der Waals surface area contributed by atoms with E-state index in [2.05, 4.69) is 43.4 Å². The lowest BCUT2D eigenvalue weighted by Gasteiger charge is -2.22. The van der Waals surface area contributed by atoms with Crippen molar-refractivity contribution in [2.24, 2.45) is 5.92 Å². The standard InChI is InChI=1S/C16H25N/c1-13(2)16-9-7-14(8-10-16)5-6-15-4-3-11-17-12-15/h7-10,13,15,17H,3-6,11-12H2,1-2H3. The monoisotopic (exact) mass is 231 g/mol. The van der Waals surface area contributed by atoms with Crippen LogP contribution in [0.2, 0.25) is 0 Å². The van der Waals surface area contributed by atoms with Crippen molar-refractivity contribution in [3.63, 3.8) is 0 Å². The summed E-state index contributed by atoms with van der Waals surface area (Å²) in [4.78, 5) is 0. The molecule has 0 amide bonds. The van der Waals surface area contributed by atoms with E-state index in [0.717, 1.165) is 5.92 Å². The molecule has 2 rings (SSSR count). The lowest BCUT2D eigenvalue weighted by Crippen LogP contribution is -2.29. The maximum absolute atomic E-state index is 3.50. The minimum Gasteiger partial charge on any atom is -0.316 e. The van der Waals surface area contributed by atoms with Crippen LogP contribution in [0.1, 0.15) is 50.2 Å². The first-order valence-electron chi connectivity index (χ1n) is 7.05. The average Bonchev–Trinajstić information content (AvgIpc) is 2.38. The summed E-state index contributed by atoms with van der Waals surface area (Å²) in [5.41, 5.74) is 2.95. The second-order valence-corrected chi connectivity index (χ2v) is 5.65. The van der Waals surface area contributed by atoms with E-state index in [0.29, 0.717) is 5.92 Å². The Bertz CT molecular complexity index is 320. The Kier molecular flexibility index (Phi) is 4.61. The molecule has 0 saturated carbocycles. The minimum absolute atomic E-state index is 0.645. The number of hydrogen-bond donors (Lipinski definition) is 1. The Labute approximate surface area is 106 Å². The lowest BCUT2D eigenvalue weighted by atomic mass is 9.92. The molecule has 17 heavy (non-hydrogen) atoms.